The number of fused-ring (bicyclic) bond motifs is 1. The SMILES string of the molecule is CCSCCC(C)Oc1ncc(C(C)(C)N)c2cc(Cl)ncc12. The predicted molar refractivity (Wildman–Crippen MR) is 99.5 cm³/mol. The number of nitrogens with zero attached hydrogens (tertiary/aromatic N) is 2. The topological polar surface area (TPSA) is 61.0 Å². The average Bonchev–Trinajstić information content (AvgIpc) is 2.46. The first kappa shape index (κ1) is 18.3. The standard InChI is InChI=1S/C17H24ClN3OS/c1-5-23-7-6-11(2)22-16-13-9-20-15(18)8-12(13)14(10-21-16)17(3,4)19/h8-11H,5-7,19H2,1-4H3. The Morgan fingerprint density at radius 3 is 2.70 bits per heavy atom. The van der Waals surface area contributed by atoms with Crippen molar-refractivity contribution >= 4 is 34.1 Å². The van der Waals surface area contributed by atoms with Gasteiger partial charge in [0.05, 0.1) is 11.5 Å². The van der Waals surface area contributed by atoms with Gasteiger partial charge >= 0.3 is 0 Å². The molecule has 2 heterocycles. The monoisotopic (exact) mass is 353 g/mol. The Hall–Kier alpha value is -1.04. The fourth-order valence-corrected chi connectivity index (χ4v) is 3.28. The molecule has 4 nitrogen and oxygen atoms in total. The van der Waals surface area contributed by atoms with Crippen LogP contribution in [0, 0.1) is 0 Å². The lowest BCUT2D eigenvalue weighted by molar-refractivity contribution is 0.213. The van der Waals surface area contributed by atoms with Crippen LogP contribution in [-0.4, -0.2) is 27.6 Å². The van der Waals surface area contributed by atoms with Crippen LogP contribution in [0.25, 0.3) is 10.8 Å². The van der Waals surface area contributed by atoms with Gasteiger partial charge in [-0.3, -0.25) is 0 Å². The van der Waals surface area contributed by atoms with Gasteiger partial charge in [0.2, 0.25) is 5.88 Å². The molecule has 0 aliphatic rings. The number of halogens is 1. The zero-order chi connectivity index (χ0) is 17.0. The molecular formula is C17H24ClN3OS. The first-order valence-corrected chi connectivity index (χ1v) is 9.34. The van der Waals surface area contributed by atoms with Crippen molar-refractivity contribution in [3.8, 4) is 5.88 Å². The maximum atomic E-state index is 6.26. The fourth-order valence-electron chi connectivity index (χ4n) is 2.34. The summed E-state index contributed by atoms with van der Waals surface area (Å²) in [6, 6.07) is 1.83. The molecule has 0 saturated heterocycles. The van der Waals surface area contributed by atoms with Crippen LogP contribution in [-0.2, 0) is 5.54 Å². The summed E-state index contributed by atoms with van der Waals surface area (Å²) in [5, 5.41) is 2.23. The molecule has 2 N–H and O–H groups in total. The fraction of sp³-hybridized carbons (Fsp3) is 0.529. The van der Waals surface area contributed by atoms with Crippen molar-refractivity contribution in [2.75, 3.05) is 11.5 Å². The van der Waals surface area contributed by atoms with Crippen LogP contribution in [0.5, 0.6) is 5.88 Å². The minimum Gasteiger partial charge on any atom is -0.474 e. The minimum atomic E-state index is -0.516. The van der Waals surface area contributed by atoms with Crippen LogP contribution in [0.1, 0.15) is 39.7 Å². The van der Waals surface area contributed by atoms with E-state index in [0.29, 0.717) is 11.0 Å². The van der Waals surface area contributed by atoms with E-state index < -0.39 is 5.54 Å². The second-order valence-corrected chi connectivity index (χ2v) is 7.95. The second-order valence-electron chi connectivity index (χ2n) is 6.17. The Bertz CT molecular complexity index is 673. The van der Waals surface area contributed by atoms with Gasteiger partial charge in [-0.1, -0.05) is 18.5 Å². The van der Waals surface area contributed by atoms with E-state index in [9.17, 15) is 0 Å². The average molecular weight is 354 g/mol. The lowest BCUT2D eigenvalue weighted by Crippen LogP contribution is -2.29. The molecule has 0 aliphatic carbocycles. The predicted octanol–water partition coefficient (Wildman–Crippen LogP) is 4.39. The van der Waals surface area contributed by atoms with Crippen LogP contribution >= 0.6 is 23.4 Å². The highest BCUT2D eigenvalue weighted by Crippen LogP contribution is 2.32. The zero-order valence-electron chi connectivity index (χ0n) is 14.1. The molecule has 0 fully saturated rings. The van der Waals surface area contributed by atoms with Crippen molar-refractivity contribution < 1.29 is 4.74 Å². The van der Waals surface area contributed by atoms with Gasteiger partial charge in [0.25, 0.3) is 0 Å². The molecule has 0 saturated carbocycles. The molecule has 0 bridgehead atoms. The van der Waals surface area contributed by atoms with Crippen LogP contribution in [0.2, 0.25) is 5.15 Å². The number of hydrogen-bond donors (Lipinski definition) is 1. The van der Waals surface area contributed by atoms with E-state index in [2.05, 4.69) is 23.8 Å². The highest BCUT2D eigenvalue weighted by Gasteiger charge is 2.21. The Morgan fingerprint density at radius 2 is 2.04 bits per heavy atom. The van der Waals surface area contributed by atoms with Gasteiger partial charge in [-0.25, -0.2) is 9.97 Å². The minimum absolute atomic E-state index is 0.0946. The molecule has 1 atom stereocenters. The Labute approximate surface area is 147 Å². The van der Waals surface area contributed by atoms with Gasteiger partial charge in [-0.05, 0) is 55.7 Å². The van der Waals surface area contributed by atoms with Crippen LogP contribution in [0.15, 0.2) is 18.5 Å². The zero-order valence-corrected chi connectivity index (χ0v) is 15.7. The number of nitrogens with two attached hydrogens (primary N) is 1. The number of pyridine rings is 2. The Kier molecular flexibility index (Phi) is 6.12. The van der Waals surface area contributed by atoms with Crippen molar-refractivity contribution in [2.24, 2.45) is 5.73 Å². The van der Waals surface area contributed by atoms with E-state index in [4.69, 9.17) is 22.1 Å². The third kappa shape index (κ3) is 4.72. The van der Waals surface area contributed by atoms with Crippen molar-refractivity contribution in [1.82, 2.24) is 9.97 Å². The van der Waals surface area contributed by atoms with Crippen LogP contribution in [0.4, 0.5) is 0 Å². The molecule has 6 heteroatoms. The van der Waals surface area contributed by atoms with Gasteiger partial charge in [0.1, 0.15) is 5.15 Å². The quantitative estimate of drug-likeness (QED) is 0.591. The summed E-state index contributed by atoms with van der Waals surface area (Å²) in [6.45, 7) is 8.12. The molecule has 23 heavy (non-hydrogen) atoms. The maximum Gasteiger partial charge on any atom is 0.223 e. The third-order valence-electron chi connectivity index (χ3n) is 3.58. The highest BCUT2D eigenvalue weighted by molar-refractivity contribution is 7.99. The molecule has 1 unspecified atom stereocenters. The molecule has 0 aliphatic heterocycles. The third-order valence-corrected chi connectivity index (χ3v) is 4.72. The van der Waals surface area contributed by atoms with E-state index >= 15 is 0 Å². The van der Waals surface area contributed by atoms with E-state index in [1.807, 2.05) is 31.7 Å². The van der Waals surface area contributed by atoms with Gasteiger partial charge < -0.3 is 10.5 Å². The van der Waals surface area contributed by atoms with Crippen LogP contribution < -0.4 is 10.5 Å². The van der Waals surface area contributed by atoms with E-state index in [1.165, 1.54) is 0 Å². The molecule has 2 aromatic heterocycles. The van der Waals surface area contributed by atoms with Gasteiger partial charge in [-0.15, -0.1) is 0 Å². The number of thioether (sulfide) groups is 1. The smallest absolute Gasteiger partial charge is 0.223 e. The van der Waals surface area contributed by atoms with Crippen molar-refractivity contribution in [3.63, 3.8) is 0 Å². The van der Waals surface area contributed by atoms with Crippen LogP contribution in [0.3, 0.4) is 0 Å². The molecule has 0 aromatic carbocycles. The van der Waals surface area contributed by atoms with Gasteiger partial charge in [-0.2, -0.15) is 11.8 Å². The normalized spacial score (nSPS) is 13.3. The van der Waals surface area contributed by atoms with E-state index in [1.54, 1.807) is 12.4 Å². The molecule has 0 amide bonds. The summed E-state index contributed by atoms with van der Waals surface area (Å²) >= 11 is 7.98. The number of rotatable bonds is 7. The van der Waals surface area contributed by atoms with Gasteiger partial charge in [0.15, 0.2) is 0 Å². The molecule has 0 radical (unpaired) electrons. The summed E-state index contributed by atoms with van der Waals surface area (Å²) in [6.07, 6.45) is 4.56. The number of aromatic nitrogens is 2. The number of ether oxygens (including phenoxy) is 1. The Balaban J connectivity index is 2.35. The van der Waals surface area contributed by atoms with E-state index in [-0.39, 0.29) is 6.10 Å². The largest absolute Gasteiger partial charge is 0.474 e. The molecule has 2 aromatic rings. The van der Waals surface area contributed by atoms with Crippen molar-refractivity contribution in [1.29, 1.82) is 0 Å². The Morgan fingerprint density at radius 1 is 1.30 bits per heavy atom. The first-order valence-electron chi connectivity index (χ1n) is 7.81. The number of hydrogen-bond acceptors (Lipinski definition) is 5. The summed E-state index contributed by atoms with van der Waals surface area (Å²) in [5.74, 6) is 2.79. The molecule has 2 rings (SSSR count). The van der Waals surface area contributed by atoms with Crippen molar-refractivity contribution in [3.05, 3.63) is 29.2 Å². The lowest BCUT2D eigenvalue weighted by Gasteiger charge is -2.22. The molecular weight excluding hydrogens is 330 g/mol. The summed E-state index contributed by atoms with van der Waals surface area (Å²) < 4.78 is 6.03. The second kappa shape index (κ2) is 7.69. The summed E-state index contributed by atoms with van der Waals surface area (Å²) in [7, 11) is 0. The maximum absolute atomic E-state index is 6.26. The van der Waals surface area contributed by atoms with Crippen molar-refractivity contribution in [2.45, 2.75) is 45.8 Å². The molecule has 0 spiro atoms. The first-order chi connectivity index (χ1) is 10.8. The summed E-state index contributed by atoms with van der Waals surface area (Å²) in [5.41, 5.74) is 6.67. The molecule has 126 valence electrons. The summed E-state index contributed by atoms with van der Waals surface area (Å²) in [4.78, 5) is 8.65. The van der Waals surface area contributed by atoms with Gasteiger partial charge in [0, 0.05) is 17.9 Å². The highest BCUT2D eigenvalue weighted by atomic mass is 35.5. The lowest BCUT2D eigenvalue weighted by atomic mass is 9.93. The van der Waals surface area contributed by atoms with E-state index in [0.717, 1.165) is 34.3 Å².